The fraction of sp³-hybridized carbons (Fsp3) is 0.357. The molecule has 0 spiro atoms. The summed E-state index contributed by atoms with van der Waals surface area (Å²) in [5, 5.41) is 0.140. The van der Waals surface area contributed by atoms with E-state index in [0.717, 1.165) is 23.6 Å². The van der Waals surface area contributed by atoms with E-state index in [-0.39, 0.29) is 5.04 Å². The molecule has 0 saturated heterocycles. The van der Waals surface area contributed by atoms with Crippen LogP contribution in [0, 0.1) is 0 Å². The second kappa shape index (κ2) is 9.68. The number of nitrogens with zero attached hydrogens (tertiary/aromatic N) is 1. The number of fused-ring (bicyclic) bond motifs is 2. The molecule has 3 aromatic carbocycles. The monoisotopic (exact) mass is 493 g/mol. The predicted octanol–water partition coefficient (Wildman–Crippen LogP) is 8.03. The van der Waals surface area contributed by atoms with Crippen molar-refractivity contribution < 1.29 is 13.9 Å². The average Bonchev–Trinajstić information content (AvgIpc) is 2.81. The van der Waals surface area contributed by atoms with E-state index >= 15 is 0 Å². The molecule has 1 aliphatic heterocycles. The Morgan fingerprint density at radius 1 is 0.882 bits per heavy atom. The maximum atomic E-state index is 6.68. The van der Waals surface area contributed by atoms with Gasteiger partial charge >= 0.3 is 0 Å². The van der Waals surface area contributed by atoms with E-state index in [1.807, 2.05) is 6.07 Å². The van der Waals surface area contributed by atoms with Crippen LogP contribution in [0.2, 0.25) is 18.1 Å². The smallest absolute Gasteiger partial charge is 0.192 e. The molecule has 0 N–H and O–H groups in total. The zero-order chi connectivity index (χ0) is 24.5. The molecule has 34 heavy (non-hydrogen) atoms. The van der Waals surface area contributed by atoms with Crippen molar-refractivity contribution in [3.63, 3.8) is 0 Å². The fourth-order valence-electron chi connectivity index (χ4n) is 3.82. The third-order valence-corrected chi connectivity index (χ3v) is 12.6. The minimum Gasteiger partial charge on any atom is -0.497 e. The Morgan fingerprint density at radius 2 is 1.59 bits per heavy atom. The van der Waals surface area contributed by atoms with Gasteiger partial charge in [0.1, 0.15) is 11.5 Å². The minimum atomic E-state index is -1.93. The van der Waals surface area contributed by atoms with E-state index in [4.69, 9.17) is 13.9 Å². The van der Waals surface area contributed by atoms with Gasteiger partial charge in [0.2, 0.25) is 0 Å². The molecule has 180 valence electrons. The Labute approximate surface area is 209 Å². The molecule has 0 atom stereocenters. The van der Waals surface area contributed by atoms with Gasteiger partial charge in [0.25, 0.3) is 0 Å². The maximum Gasteiger partial charge on any atom is 0.192 e. The van der Waals surface area contributed by atoms with E-state index in [2.05, 4.69) is 93.4 Å². The highest BCUT2D eigenvalue weighted by Gasteiger charge is 2.38. The first kappa shape index (κ1) is 24.7. The summed E-state index contributed by atoms with van der Waals surface area (Å²) >= 11 is 1.77. The van der Waals surface area contributed by atoms with E-state index in [0.29, 0.717) is 6.61 Å². The summed E-state index contributed by atoms with van der Waals surface area (Å²) < 4.78 is 18.1. The molecule has 0 amide bonds. The fourth-order valence-corrected chi connectivity index (χ4v) is 6.00. The average molecular weight is 494 g/mol. The van der Waals surface area contributed by atoms with Gasteiger partial charge in [-0.3, -0.25) is 0 Å². The summed E-state index contributed by atoms with van der Waals surface area (Å²) in [5.41, 5.74) is 4.74. The topological polar surface area (TPSA) is 30.9 Å². The molecule has 0 bridgehead atoms. The van der Waals surface area contributed by atoms with Gasteiger partial charge in [0.15, 0.2) is 8.32 Å². The van der Waals surface area contributed by atoms with Gasteiger partial charge in [-0.05, 0) is 54.0 Å². The van der Waals surface area contributed by atoms with Crippen LogP contribution in [-0.4, -0.2) is 22.5 Å². The molecule has 0 radical (unpaired) electrons. The number of ether oxygens (including phenoxy) is 2. The normalized spacial score (nSPS) is 13.3. The molecule has 0 unspecified atom stereocenters. The standard InChI is InChI=1S/C28H35NO3SSi/c1-28(2,3)34(6,7)32-19-22-25(31-5)16-15-24-27(22)33-26-17-21(30-4)13-14-23(26)29(24)18-20-11-9-8-10-12-20/h8-17H,18-19H2,1-7H3. The second-order valence-electron chi connectivity index (χ2n) is 10.2. The maximum absolute atomic E-state index is 6.68. The van der Waals surface area contributed by atoms with Crippen LogP contribution >= 0.6 is 11.8 Å². The number of benzene rings is 3. The van der Waals surface area contributed by atoms with Crippen molar-refractivity contribution in [2.45, 2.75) is 61.8 Å². The third-order valence-electron chi connectivity index (χ3n) is 6.94. The lowest BCUT2D eigenvalue weighted by Gasteiger charge is -2.38. The van der Waals surface area contributed by atoms with Crippen molar-refractivity contribution >= 4 is 31.5 Å². The summed E-state index contributed by atoms with van der Waals surface area (Å²) in [6.45, 7) is 12.7. The Morgan fingerprint density at radius 3 is 2.24 bits per heavy atom. The molecule has 1 heterocycles. The van der Waals surface area contributed by atoms with E-state index < -0.39 is 8.32 Å². The van der Waals surface area contributed by atoms with Crippen LogP contribution in [0.4, 0.5) is 11.4 Å². The van der Waals surface area contributed by atoms with Gasteiger partial charge in [-0.25, -0.2) is 0 Å². The van der Waals surface area contributed by atoms with Crippen LogP contribution in [0.1, 0.15) is 31.9 Å². The van der Waals surface area contributed by atoms with E-state index in [9.17, 15) is 0 Å². The van der Waals surface area contributed by atoms with Gasteiger partial charge < -0.3 is 18.8 Å². The third kappa shape index (κ3) is 4.85. The highest BCUT2D eigenvalue weighted by Crippen LogP contribution is 2.53. The number of rotatable bonds is 7. The lowest BCUT2D eigenvalue weighted by molar-refractivity contribution is 0.266. The summed E-state index contributed by atoms with van der Waals surface area (Å²) in [7, 11) is 1.52. The van der Waals surface area contributed by atoms with E-state index in [1.54, 1.807) is 26.0 Å². The molecule has 3 aromatic rings. The van der Waals surface area contributed by atoms with Gasteiger partial charge in [-0.1, -0.05) is 62.9 Å². The van der Waals surface area contributed by atoms with Crippen molar-refractivity contribution in [2.75, 3.05) is 19.1 Å². The first-order chi connectivity index (χ1) is 16.1. The molecule has 0 saturated carbocycles. The van der Waals surface area contributed by atoms with Crippen LogP contribution < -0.4 is 14.4 Å². The van der Waals surface area contributed by atoms with Crippen LogP contribution in [0.15, 0.2) is 70.5 Å². The van der Waals surface area contributed by atoms with Gasteiger partial charge in [-0.15, -0.1) is 0 Å². The molecule has 0 aliphatic carbocycles. The van der Waals surface area contributed by atoms with Crippen molar-refractivity contribution in [1.29, 1.82) is 0 Å². The minimum absolute atomic E-state index is 0.140. The Hall–Kier alpha value is -2.41. The molecule has 0 aromatic heterocycles. The summed E-state index contributed by atoms with van der Waals surface area (Å²) in [6.07, 6.45) is 0. The van der Waals surface area contributed by atoms with Crippen molar-refractivity contribution in [3.8, 4) is 11.5 Å². The van der Waals surface area contributed by atoms with Crippen LogP contribution in [0.5, 0.6) is 11.5 Å². The summed E-state index contributed by atoms with van der Waals surface area (Å²) in [5.74, 6) is 1.73. The van der Waals surface area contributed by atoms with Crippen molar-refractivity contribution in [1.82, 2.24) is 0 Å². The zero-order valence-corrected chi connectivity index (χ0v) is 23.1. The van der Waals surface area contributed by atoms with Crippen LogP contribution in [-0.2, 0) is 17.6 Å². The molecular weight excluding hydrogens is 458 g/mol. The first-order valence-electron chi connectivity index (χ1n) is 11.7. The lowest BCUT2D eigenvalue weighted by Crippen LogP contribution is -2.40. The Balaban J connectivity index is 1.81. The highest BCUT2D eigenvalue weighted by atomic mass is 32.2. The van der Waals surface area contributed by atoms with Gasteiger partial charge in [0.05, 0.1) is 32.2 Å². The predicted molar refractivity (Wildman–Crippen MR) is 144 cm³/mol. The zero-order valence-electron chi connectivity index (χ0n) is 21.3. The molecular formula is C28H35NO3SSi. The van der Waals surface area contributed by atoms with Gasteiger partial charge in [0, 0.05) is 21.9 Å². The number of hydrogen-bond donors (Lipinski definition) is 0. The molecule has 1 aliphatic rings. The van der Waals surface area contributed by atoms with Crippen molar-refractivity contribution in [2.24, 2.45) is 0 Å². The SMILES string of the molecule is COc1ccc2c(c1)Sc1c(ccc(OC)c1CO[Si](C)(C)C(C)(C)C)N2Cc1ccccc1. The van der Waals surface area contributed by atoms with E-state index in [1.165, 1.54) is 26.7 Å². The Bertz CT molecular complexity index is 1160. The quantitative estimate of drug-likeness (QED) is 0.311. The molecule has 4 rings (SSSR count). The van der Waals surface area contributed by atoms with Crippen LogP contribution in [0.25, 0.3) is 0 Å². The number of anilines is 2. The molecule has 0 fully saturated rings. The second-order valence-corrected chi connectivity index (χ2v) is 16.0. The summed E-state index contributed by atoms with van der Waals surface area (Å²) in [4.78, 5) is 4.75. The van der Waals surface area contributed by atoms with Crippen molar-refractivity contribution in [3.05, 3.63) is 71.8 Å². The summed E-state index contributed by atoms with van der Waals surface area (Å²) in [6, 6.07) is 21.2. The Kier molecular flexibility index (Phi) is 7.03. The van der Waals surface area contributed by atoms with Gasteiger partial charge in [-0.2, -0.15) is 0 Å². The number of methoxy groups -OCH3 is 2. The van der Waals surface area contributed by atoms with Crippen LogP contribution in [0.3, 0.4) is 0 Å². The first-order valence-corrected chi connectivity index (χ1v) is 15.4. The number of hydrogen-bond acceptors (Lipinski definition) is 5. The molecule has 6 heteroatoms. The lowest BCUT2D eigenvalue weighted by atomic mass is 10.1. The highest BCUT2D eigenvalue weighted by molar-refractivity contribution is 7.99. The largest absolute Gasteiger partial charge is 0.497 e. The molecule has 4 nitrogen and oxygen atoms in total.